The highest BCUT2D eigenvalue weighted by molar-refractivity contribution is 6.28. The maximum atomic E-state index is 2.47. The van der Waals surface area contributed by atoms with Crippen molar-refractivity contribution in [2.75, 3.05) is 29.4 Å². The molecule has 0 bridgehead atoms. The van der Waals surface area contributed by atoms with E-state index in [4.69, 9.17) is 0 Å². The summed E-state index contributed by atoms with van der Waals surface area (Å²) < 4.78 is 2.47. The van der Waals surface area contributed by atoms with Gasteiger partial charge in [0.05, 0.1) is 11.4 Å². The molecule has 0 aliphatic rings. The Hall–Kier alpha value is -14.9. The zero-order valence-corrected chi connectivity index (χ0v) is 65.2. The van der Waals surface area contributed by atoms with Crippen LogP contribution in [0.4, 0.5) is 102 Å². The van der Waals surface area contributed by atoms with Gasteiger partial charge in [0.1, 0.15) is 0 Å². The highest BCUT2D eigenvalue weighted by atomic mass is 15.2. The fourth-order valence-corrected chi connectivity index (χ4v) is 17.7. The molecule has 554 valence electrons. The van der Waals surface area contributed by atoms with Gasteiger partial charge in [-0.2, -0.15) is 0 Å². The third-order valence-corrected chi connectivity index (χ3v) is 23.0. The smallest absolute Gasteiger partial charge is 0.0540 e. The fraction of sp³-hybridized carbons (Fsp3) is 0.0459. The van der Waals surface area contributed by atoms with Gasteiger partial charge in [0.2, 0.25) is 0 Å². The van der Waals surface area contributed by atoms with Crippen molar-refractivity contribution in [3.63, 3.8) is 0 Å². The summed E-state index contributed by atoms with van der Waals surface area (Å²) in [6, 6.07) is 153. The number of aryl methyl sites for hydroxylation is 4. The van der Waals surface area contributed by atoms with E-state index in [1.807, 2.05) is 0 Å². The largest absolute Gasteiger partial charge is 0.341 e. The third-order valence-electron chi connectivity index (χ3n) is 23.0. The summed E-state index contributed by atoms with van der Waals surface area (Å²) in [6.07, 6.45) is 0. The molecular formula is C109H83N7. The van der Waals surface area contributed by atoms with Crippen LogP contribution < -0.4 is 29.4 Å². The second kappa shape index (κ2) is 30.0. The van der Waals surface area contributed by atoms with Gasteiger partial charge in [-0.05, 0) is 306 Å². The average molecular weight is 1490 g/mol. The van der Waals surface area contributed by atoms with Crippen LogP contribution >= 0.6 is 0 Å². The molecular weight excluding hydrogens is 1410 g/mol. The van der Waals surface area contributed by atoms with Crippen LogP contribution in [0.1, 0.15) is 23.6 Å². The normalized spacial score (nSPS) is 11.5. The molecule has 0 amide bonds. The fourth-order valence-electron chi connectivity index (χ4n) is 17.7. The standard InChI is InChI=1S/C109H83N7/c1-5-110-104-68-61-95(115(84-36-17-9-18-37-84)106-43-25-29-78-28-21-22-42-98(78)106)73-102(104)103-74-96(62-69-105(103)110)116(85-38-19-10-20-39-85)107-67-47-80-45-64-100-99(63-44-79-46-65-101(107)109(80)108(79)100)97-66-60-94(72-77(97)4)114(83-34-15-8-16-35-83)91-58-52-88(53-59-91)111(86-48-54-89(55-49-86)112(81-30-11-6-12-31-81)92-40-23-26-75(2)70-92)87-50-56-90(57-51-87)113(82-32-13-7-14-33-82)93-41-24-27-76(3)71-93/h6-74H,5H2,1-4H3. The monoisotopic (exact) mass is 1490 g/mol. The molecule has 0 saturated carbocycles. The van der Waals surface area contributed by atoms with E-state index in [1.165, 1.54) is 92.7 Å². The maximum Gasteiger partial charge on any atom is 0.0540 e. The first-order chi connectivity index (χ1) is 57.2. The summed E-state index contributed by atoms with van der Waals surface area (Å²) >= 11 is 0. The van der Waals surface area contributed by atoms with Crippen molar-refractivity contribution in [1.82, 2.24) is 4.57 Å². The summed E-state index contributed by atoms with van der Waals surface area (Å²) in [5.74, 6) is 0. The second-order valence-corrected chi connectivity index (χ2v) is 30.2. The molecule has 0 unspecified atom stereocenters. The Morgan fingerprint density at radius 2 is 0.509 bits per heavy atom. The van der Waals surface area contributed by atoms with E-state index in [0.29, 0.717) is 0 Å². The van der Waals surface area contributed by atoms with Gasteiger partial charge in [-0.25, -0.2) is 0 Å². The van der Waals surface area contributed by atoms with Gasteiger partial charge in [-0.3, -0.25) is 0 Å². The molecule has 0 aliphatic carbocycles. The lowest BCUT2D eigenvalue weighted by atomic mass is 9.88. The van der Waals surface area contributed by atoms with Crippen LogP contribution in [0.25, 0.3) is 76.0 Å². The molecule has 0 saturated heterocycles. The second-order valence-electron chi connectivity index (χ2n) is 30.2. The van der Waals surface area contributed by atoms with Crippen molar-refractivity contribution in [2.45, 2.75) is 34.2 Å². The summed E-state index contributed by atoms with van der Waals surface area (Å²) in [7, 11) is 0. The summed E-state index contributed by atoms with van der Waals surface area (Å²) in [6.45, 7) is 9.67. The van der Waals surface area contributed by atoms with Crippen molar-refractivity contribution in [2.24, 2.45) is 0 Å². The van der Waals surface area contributed by atoms with Gasteiger partial charge >= 0.3 is 0 Å². The van der Waals surface area contributed by atoms with Crippen LogP contribution in [-0.2, 0) is 6.54 Å². The van der Waals surface area contributed by atoms with Gasteiger partial charge in [-0.1, -0.05) is 200 Å². The van der Waals surface area contributed by atoms with E-state index in [-0.39, 0.29) is 0 Å². The quantitative estimate of drug-likeness (QED) is 0.0705. The highest BCUT2D eigenvalue weighted by Crippen LogP contribution is 2.51. The Bertz CT molecular complexity index is 6830. The number of fused-ring (bicyclic) bond motifs is 4. The molecule has 7 nitrogen and oxygen atoms in total. The van der Waals surface area contributed by atoms with E-state index in [2.05, 4.69) is 480 Å². The summed E-state index contributed by atoms with van der Waals surface area (Å²) in [5.41, 5.74) is 27.8. The first kappa shape index (κ1) is 70.2. The number of benzene rings is 19. The molecule has 1 heterocycles. The highest BCUT2D eigenvalue weighted by Gasteiger charge is 2.26. The predicted molar refractivity (Wildman–Crippen MR) is 494 cm³/mol. The van der Waals surface area contributed by atoms with E-state index in [0.717, 1.165) is 109 Å². The summed E-state index contributed by atoms with van der Waals surface area (Å²) in [4.78, 5) is 14.3. The predicted octanol–water partition coefficient (Wildman–Crippen LogP) is 31.3. The van der Waals surface area contributed by atoms with E-state index in [1.54, 1.807) is 0 Å². The Kier molecular flexibility index (Phi) is 18.1. The minimum atomic E-state index is 0.834. The number of hydrogen-bond acceptors (Lipinski definition) is 6. The first-order valence-corrected chi connectivity index (χ1v) is 40.1. The molecule has 0 fully saturated rings. The molecule has 1 aromatic heterocycles. The topological polar surface area (TPSA) is 24.4 Å². The van der Waals surface area contributed by atoms with E-state index >= 15 is 0 Å². The maximum absolute atomic E-state index is 2.47. The molecule has 0 radical (unpaired) electrons. The van der Waals surface area contributed by atoms with Gasteiger partial charge in [0.15, 0.2) is 0 Å². The first-order valence-electron chi connectivity index (χ1n) is 40.1. The zero-order chi connectivity index (χ0) is 77.7. The van der Waals surface area contributed by atoms with Gasteiger partial charge in [-0.15, -0.1) is 0 Å². The Morgan fingerprint density at radius 1 is 0.198 bits per heavy atom. The van der Waals surface area contributed by atoms with Gasteiger partial charge < -0.3 is 34.0 Å². The molecule has 0 spiro atoms. The van der Waals surface area contributed by atoms with Crippen LogP contribution in [0, 0.1) is 20.8 Å². The van der Waals surface area contributed by atoms with Crippen molar-refractivity contribution in [3.8, 4) is 11.1 Å². The number of rotatable bonds is 20. The lowest BCUT2D eigenvalue weighted by Crippen LogP contribution is -2.14. The molecule has 20 rings (SSSR count). The minimum absolute atomic E-state index is 0.834. The zero-order valence-electron chi connectivity index (χ0n) is 65.2. The van der Waals surface area contributed by atoms with Crippen molar-refractivity contribution >= 4 is 167 Å². The number of hydrogen-bond donors (Lipinski definition) is 0. The van der Waals surface area contributed by atoms with E-state index in [9.17, 15) is 0 Å². The lowest BCUT2D eigenvalue weighted by Gasteiger charge is -2.30. The van der Waals surface area contributed by atoms with Crippen LogP contribution in [0.5, 0.6) is 0 Å². The SMILES string of the molecule is CCn1c2ccc(N(c3ccccc3)c3cccc4ccccc34)cc2c2cc(N(c3ccccc3)c3ccc4ccc5c(-c6ccc(N(c7ccccc7)c7ccc(N(c8ccc(N(c9ccccc9)c9cccc(C)c9)cc8)c8ccc(N(c9ccccc9)c9cccc(C)c9)cc8)cc7)cc6C)ccc6ccc3c4c65)ccc21. The van der Waals surface area contributed by atoms with Crippen LogP contribution in [0.3, 0.4) is 0 Å². The van der Waals surface area contributed by atoms with Crippen molar-refractivity contribution < 1.29 is 0 Å². The van der Waals surface area contributed by atoms with Crippen molar-refractivity contribution in [1.29, 1.82) is 0 Å². The molecule has 19 aromatic carbocycles. The lowest BCUT2D eigenvalue weighted by molar-refractivity contribution is 0.827. The average Bonchev–Trinajstić information content (AvgIpc) is 0.872. The van der Waals surface area contributed by atoms with Gasteiger partial charge in [0.25, 0.3) is 0 Å². The molecule has 20 aromatic rings. The molecule has 116 heavy (non-hydrogen) atoms. The summed E-state index contributed by atoms with van der Waals surface area (Å²) in [5, 5.41) is 12.2. The molecule has 0 aliphatic heterocycles. The van der Waals surface area contributed by atoms with Gasteiger partial charge in [0, 0.05) is 130 Å². The number of aromatic nitrogens is 1. The van der Waals surface area contributed by atoms with Crippen LogP contribution in [0.2, 0.25) is 0 Å². The Morgan fingerprint density at radius 3 is 0.948 bits per heavy atom. The Labute approximate surface area is 677 Å². The minimum Gasteiger partial charge on any atom is -0.341 e. The van der Waals surface area contributed by atoms with Crippen LogP contribution in [-0.4, -0.2) is 4.57 Å². The molecule has 0 N–H and O–H groups in total. The number of para-hydroxylation sites is 5. The number of nitrogens with zero attached hydrogens (tertiary/aromatic N) is 7. The molecule has 0 atom stereocenters. The number of anilines is 18. The van der Waals surface area contributed by atoms with Crippen LogP contribution in [0.15, 0.2) is 419 Å². The van der Waals surface area contributed by atoms with E-state index < -0.39 is 0 Å². The Balaban J connectivity index is 0.664. The molecule has 7 heteroatoms. The third kappa shape index (κ3) is 12.8. The van der Waals surface area contributed by atoms with Crippen molar-refractivity contribution in [3.05, 3.63) is 435 Å².